The van der Waals surface area contributed by atoms with Gasteiger partial charge in [-0.25, -0.2) is 9.97 Å². The Hall–Kier alpha value is -6.62. The molecule has 0 unspecified atom stereocenters. The van der Waals surface area contributed by atoms with Crippen LogP contribution < -0.4 is 0 Å². The highest BCUT2D eigenvalue weighted by atomic mass is 32.1. The molecule has 9 aromatic carbocycles. The first-order chi connectivity index (χ1) is 25.8. The van der Waals surface area contributed by atoms with Crippen LogP contribution in [0.2, 0.25) is 0 Å². The van der Waals surface area contributed by atoms with Gasteiger partial charge in [0.25, 0.3) is 0 Å². The van der Waals surface area contributed by atoms with Crippen LogP contribution in [-0.4, -0.2) is 14.5 Å². The molecular formula is C48H27N3S. The summed E-state index contributed by atoms with van der Waals surface area (Å²) in [6, 6.07) is 59.4. The van der Waals surface area contributed by atoms with Crippen molar-refractivity contribution in [1.29, 1.82) is 0 Å². The van der Waals surface area contributed by atoms with Crippen molar-refractivity contribution < 1.29 is 0 Å². The Labute approximate surface area is 301 Å². The lowest BCUT2D eigenvalue weighted by Crippen LogP contribution is -2.03. The molecule has 0 aliphatic carbocycles. The van der Waals surface area contributed by atoms with E-state index in [2.05, 4.69) is 168 Å². The van der Waals surface area contributed by atoms with Crippen molar-refractivity contribution in [3.8, 4) is 17.1 Å². The van der Waals surface area contributed by atoms with E-state index in [9.17, 15) is 0 Å². The van der Waals surface area contributed by atoms with Gasteiger partial charge in [0, 0.05) is 31.8 Å². The zero-order valence-electron chi connectivity index (χ0n) is 27.8. The first-order valence-electron chi connectivity index (χ1n) is 17.7. The monoisotopic (exact) mass is 677 g/mol. The number of thiophene rings is 1. The van der Waals surface area contributed by atoms with E-state index in [1.54, 1.807) is 11.3 Å². The second-order valence-electron chi connectivity index (χ2n) is 13.7. The Balaban J connectivity index is 1.32. The summed E-state index contributed by atoms with van der Waals surface area (Å²) in [6.07, 6.45) is 0. The van der Waals surface area contributed by atoms with E-state index in [0.717, 1.165) is 43.8 Å². The molecule has 0 bridgehead atoms. The molecule has 0 saturated heterocycles. The van der Waals surface area contributed by atoms with E-state index in [0.29, 0.717) is 0 Å². The summed E-state index contributed by atoms with van der Waals surface area (Å²) in [5, 5.41) is 16.1. The summed E-state index contributed by atoms with van der Waals surface area (Å²) in [4.78, 5) is 12.1. The first kappa shape index (κ1) is 28.1. The number of hydrogen-bond donors (Lipinski definition) is 0. The van der Waals surface area contributed by atoms with Crippen LogP contribution >= 0.6 is 11.3 Å². The number of aromatic nitrogens is 3. The lowest BCUT2D eigenvalue weighted by Gasteiger charge is -2.14. The summed E-state index contributed by atoms with van der Waals surface area (Å²) in [5.41, 5.74) is 5.10. The molecule has 52 heavy (non-hydrogen) atoms. The highest BCUT2D eigenvalue weighted by molar-refractivity contribution is 7.25. The number of fused-ring (bicyclic) bond motifs is 16. The van der Waals surface area contributed by atoms with Crippen molar-refractivity contribution in [2.45, 2.75) is 0 Å². The van der Waals surface area contributed by atoms with Gasteiger partial charge < -0.3 is 0 Å². The molecule has 0 fully saturated rings. The van der Waals surface area contributed by atoms with Crippen molar-refractivity contribution in [3.05, 3.63) is 164 Å². The third-order valence-corrected chi connectivity index (χ3v) is 12.0. The van der Waals surface area contributed by atoms with Crippen molar-refractivity contribution in [3.63, 3.8) is 0 Å². The van der Waals surface area contributed by atoms with Crippen LogP contribution in [0, 0.1) is 0 Å². The van der Waals surface area contributed by atoms with Crippen LogP contribution in [0.5, 0.6) is 0 Å². The maximum atomic E-state index is 5.65. The van der Waals surface area contributed by atoms with Gasteiger partial charge in [-0.2, -0.15) is 0 Å². The molecule has 0 aliphatic heterocycles. The fourth-order valence-electron chi connectivity index (χ4n) is 8.69. The van der Waals surface area contributed by atoms with Gasteiger partial charge in [0.1, 0.15) is 16.0 Å². The minimum absolute atomic E-state index is 0.839. The second-order valence-corrected chi connectivity index (χ2v) is 14.7. The van der Waals surface area contributed by atoms with Gasteiger partial charge in [0.05, 0.1) is 11.0 Å². The highest BCUT2D eigenvalue weighted by Gasteiger charge is 2.24. The standard InChI is InChI=1S/C48H27N3S/c1-2-13-30-27-31(22-21-28(30)11-1)45-47(49-46-38-19-9-10-20-41(38)52-48(46)50-45)51-39-25-23-29-12-3-4-14-32(29)43(39)44-40(51)26-24-37-35-17-6-5-15-33(35)34-16-7-8-18-36(34)42(37)44/h1-27H. The molecule has 12 aromatic rings. The Kier molecular flexibility index (Phi) is 5.65. The van der Waals surface area contributed by atoms with E-state index in [1.807, 2.05) is 0 Å². The fourth-order valence-corrected chi connectivity index (χ4v) is 9.71. The van der Waals surface area contributed by atoms with E-state index >= 15 is 0 Å². The maximum Gasteiger partial charge on any atom is 0.165 e. The zero-order chi connectivity index (χ0) is 33.9. The fraction of sp³-hybridized carbons (Fsp3) is 0. The third kappa shape index (κ3) is 3.79. The van der Waals surface area contributed by atoms with Crippen molar-refractivity contribution in [2.24, 2.45) is 0 Å². The average molecular weight is 678 g/mol. The molecule has 0 atom stereocenters. The van der Waals surface area contributed by atoms with Gasteiger partial charge in [-0.3, -0.25) is 4.57 Å². The Morgan fingerprint density at radius 1 is 0.404 bits per heavy atom. The van der Waals surface area contributed by atoms with Crippen molar-refractivity contribution >= 4 is 107 Å². The van der Waals surface area contributed by atoms with Gasteiger partial charge in [0.15, 0.2) is 5.82 Å². The first-order valence-corrected chi connectivity index (χ1v) is 18.5. The Morgan fingerprint density at radius 3 is 1.79 bits per heavy atom. The van der Waals surface area contributed by atoms with E-state index in [4.69, 9.17) is 9.97 Å². The van der Waals surface area contributed by atoms with Gasteiger partial charge in [-0.05, 0) is 72.7 Å². The molecule has 3 heterocycles. The number of rotatable bonds is 2. The number of benzene rings is 9. The van der Waals surface area contributed by atoms with Gasteiger partial charge in [-0.15, -0.1) is 11.3 Å². The van der Waals surface area contributed by atoms with Gasteiger partial charge >= 0.3 is 0 Å². The van der Waals surface area contributed by atoms with E-state index in [1.165, 1.54) is 69.3 Å². The quantitative estimate of drug-likeness (QED) is 0.171. The molecule has 240 valence electrons. The minimum atomic E-state index is 0.839. The highest BCUT2D eigenvalue weighted by Crippen LogP contribution is 2.46. The lowest BCUT2D eigenvalue weighted by atomic mass is 9.91. The third-order valence-electron chi connectivity index (χ3n) is 11.0. The van der Waals surface area contributed by atoms with Gasteiger partial charge in [0.2, 0.25) is 0 Å². The molecule has 0 spiro atoms. The Bertz CT molecular complexity index is 3440. The molecular weight excluding hydrogens is 651 g/mol. The van der Waals surface area contributed by atoms with Crippen molar-refractivity contribution in [1.82, 2.24) is 14.5 Å². The molecule has 0 saturated carbocycles. The summed E-state index contributed by atoms with van der Waals surface area (Å²) >= 11 is 1.71. The number of hydrogen-bond acceptors (Lipinski definition) is 3. The minimum Gasteiger partial charge on any atom is -0.292 e. The largest absolute Gasteiger partial charge is 0.292 e. The normalized spacial score (nSPS) is 12.2. The molecule has 0 N–H and O–H groups in total. The lowest BCUT2D eigenvalue weighted by molar-refractivity contribution is 1.09. The molecule has 3 aromatic heterocycles. The zero-order valence-corrected chi connectivity index (χ0v) is 28.7. The van der Waals surface area contributed by atoms with Gasteiger partial charge in [-0.1, -0.05) is 140 Å². The Morgan fingerprint density at radius 2 is 0.981 bits per heavy atom. The second kappa shape index (κ2) is 10.5. The molecule has 0 amide bonds. The molecule has 3 nitrogen and oxygen atoms in total. The van der Waals surface area contributed by atoms with E-state index in [-0.39, 0.29) is 0 Å². The van der Waals surface area contributed by atoms with E-state index < -0.39 is 0 Å². The summed E-state index contributed by atoms with van der Waals surface area (Å²) in [6.45, 7) is 0. The topological polar surface area (TPSA) is 30.7 Å². The molecule has 4 heteroatoms. The van der Waals surface area contributed by atoms with Crippen LogP contribution in [0.4, 0.5) is 0 Å². The predicted molar refractivity (Wildman–Crippen MR) is 222 cm³/mol. The predicted octanol–water partition coefficient (Wildman–Crippen LogP) is 13.4. The summed E-state index contributed by atoms with van der Waals surface area (Å²) < 4.78 is 3.58. The molecule has 0 aliphatic rings. The smallest absolute Gasteiger partial charge is 0.165 e. The van der Waals surface area contributed by atoms with Crippen LogP contribution in [-0.2, 0) is 0 Å². The van der Waals surface area contributed by atoms with Crippen LogP contribution in [0.1, 0.15) is 0 Å². The summed E-state index contributed by atoms with van der Waals surface area (Å²) in [7, 11) is 0. The molecule has 0 radical (unpaired) electrons. The SMILES string of the molecule is c1ccc2cc(-c3nc4sc5ccccc5c4nc3-n3c4ccc5ccccc5c4c4c5c6ccccc6c6ccccc6c5ccc43)ccc2c1. The van der Waals surface area contributed by atoms with Crippen molar-refractivity contribution in [2.75, 3.05) is 0 Å². The molecule has 12 rings (SSSR count). The average Bonchev–Trinajstić information content (AvgIpc) is 3.75. The van der Waals surface area contributed by atoms with Crippen LogP contribution in [0.15, 0.2) is 164 Å². The summed E-state index contributed by atoms with van der Waals surface area (Å²) in [5.74, 6) is 0.839. The van der Waals surface area contributed by atoms with Crippen LogP contribution in [0.25, 0.3) is 113 Å². The van der Waals surface area contributed by atoms with Crippen LogP contribution in [0.3, 0.4) is 0 Å². The maximum absolute atomic E-state index is 5.65. The number of nitrogens with zero attached hydrogens (tertiary/aromatic N) is 3.